The highest BCUT2D eigenvalue weighted by Crippen LogP contribution is 2.38. The molecular weight excluding hydrogens is 290 g/mol. The van der Waals surface area contributed by atoms with Crippen molar-refractivity contribution in [1.82, 2.24) is 5.32 Å². The maximum absolute atomic E-state index is 11.8. The lowest BCUT2D eigenvalue weighted by atomic mass is 9.95. The van der Waals surface area contributed by atoms with Gasteiger partial charge in [-0.15, -0.1) is 11.3 Å². The van der Waals surface area contributed by atoms with E-state index in [0.717, 1.165) is 12.8 Å². The molecule has 112 valence electrons. The number of sulfone groups is 1. The highest BCUT2D eigenvalue weighted by molar-refractivity contribution is 7.91. The van der Waals surface area contributed by atoms with Gasteiger partial charge in [0.2, 0.25) is 0 Å². The van der Waals surface area contributed by atoms with Crippen molar-refractivity contribution in [1.29, 1.82) is 0 Å². The highest BCUT2D eigenvalue weighted by atomic mass is 32.2. The molecule has 3 nitrogen and oxygen atoms in total. The topological polar surface area (TPSA) is 46.2 Å². The standard InChI is InChI=1S/C15H23NO2S2/c17-20(18)10-4-7-13(11-20)16-15(12-5-1-2-6-12)14-8-3-9-19-14/h3,8-9,12-13,15-16H,1-2,4-7,10-11H2. The van der Waals surface area contributed by atoms with Crippen LogP contribution in [-0.2, 0) is 9.84 Å². The normalized spacial score (nSPS) is 28.5. The average Bonchev–Trinajstić information content (AvgIpc) is 3.08. The Balaban J connectivity index is 1.73. The summed E-state index contributed by atoms with van der Waals surface area (Å²) in [5.74, 6) is 1.37. The van der Waals surface area contributed by atoms with Crippen LogP contribution in [0, 0.1) is 5.92 Å². The summed E-state index contributed by atoms with van der Waals surface area (Å²) >= 11 is 1.79. The van der Waals surface area contributed by atoms with Crippen molar-refractivity contribution in [3.8, 4) is 0 Å². The smallest absolute Gasteiger partial charge is 0.151 e. The van der Waals surface area contributed by atoms with Gasteiger partial charge in [-0.3, -0.25) is 0 Å². The molecule has 2 heterocycles. The molecule has 1 aliphatic heterocycles. The van der Waals surface area contributed by atoms with E-state index in [-0.39, 0.29) is 6.04 Å². The van der Waals surface area contributed by atoms with Crippen molar-refractivity contribution in [2.75, 3.05) is 11.5 Å². The molecule has 1 aromatic rings. The van der Waals surface area contributed by atoms with E-state index in [1.165, 1.54) is 30.6 Å². The van der Waals surface area contributed by atoms with Gasteiger partial charge in [0.1, 0.15) is 0 Å². The number of thiophene rings is 1. The van der Waals surface area contributed by atoms with E-state index in [2.05, 4.69) is 22.8 Å². The van der Waals surface area contributed by atoms with Crippen molar-refractivity contribution in [2.24, 2.45) is 5.92 Å². The Morgan fingerprint density at radius 3 is 2.65 bits per heavy atom. The fourth-order valence-electron chi connectivity index (χ4n) is 3.62. The summed E-state index contributed by atoms with van der Waals surface area (Å²) in [7, 11) is -2.83. The first-order chi connectivity index (χ1) is 9.64. The summed E-state index contributed by atoms with van der Waals surface area (Å²) in [6.07, 6.45) is 6.98. The summed E-state index contributed by atoms with van der Waals surface area (Å²) in [6, 6.07) is 4.79. The number of hydrogen-bond acceptors (Lipinski definition) is 4. The van der Waals surface area contributed by atoms with Gasteiger partial charge in [-0.25, -0.2) is 8.42 Å². The summed E-state index contributed by atoms with van der Waals surface area (Å²) < 4.78 is 23.6. The fraction of sp³-hybridized carbons (Fsp3) is 0.733. The van der Waals surface area contributed by atoms with Gasteiger partial charge in [0.05, 0.1) is 11.5 Å². The highest BCUT2D eigenvalue weighted by Gasteiger charge is 2.32. The van der Waals surface area contributed by atoms with Crippen LogP contribution in [0.2, 0.25) is 0 Å². The minimum absolute atomic E-state index is 0.140. The second-order valence-electron chi connectivity index (χ2n) is 6.16. The van der Waals surface area contributed by atoms with Crippen LogP contribution in [-0.4, -0.2) is 26.0 Å². The molecule has 0 amide bonds. The Morgan fingerprint density at radius 1 is 1.20 bits per heavy atom. The van der Waals surface area contributed by atoms with Crippen molar-refractivity contribution in [2.45, 2.75) is 50.6 Å². The molecule has 1 aliphatic carbocycles. The molecule has 1 aromatic heterocycles. The van der Waals surface area contributed by atoms with E-state index < -0.39 is 9.84 Å². The first-order valence-corrected chi connectivity index (χ1v) is 10.3. The lowest BCUT2D eigenvalue weighted by molar-refractivity contribution is 0.328. The third-order valence-corrected chi connectivity index (χ3v) is 7.38. The number of rotatable bonds is 4. The van der Waals surface area contributed by atoms with Crippen LogP contribution in [0.4, 0.5) is 0 Å². The van der Waals surface area contributed by atoms with E-state index in [0.29, 0.717) is 23.5 Å². The van der Waals surface area contributed by atoms with E-state index in [4.69, 9.17) is 0 Å². The number of hydrogen-bond donors (Lipinski definition) is 1. The quantitative estimate of drug-likeness (QED) is 0.929. The third-order valence-electron chi connectivity index (χ3n) is 4.60. The zero-order valence-electron chi connectivity index (χ0n) is 11.8. The van der Waals surface area contributed by atoms with Crippen LogP contribution >= 0.6 is 11.3 Å². The molecule has 1 saturated carbocycles. The van der Waals surface area contributed by atoms with Crippen LogP contribution < -0.4 is 5.32 Å². The SMILES string of the molecule is O=S1(=O)CCCC(NC(c2cccs2)C2CCCC2)C1. The first-order valence-electron chi connectivity index (χ1n) is 7.64. The maximum Gasteiger partial charge on any atom is 0.151 e. The third kappa shape index (κ3) is 3.43. The predicted octanol–water partition coefficient (Wildman–Crippen LogP) is 3.15. The van der Waals surface area contributed by atoms with Crippen LogP contribution in [0.3, 0.4) is 0 Å². The van der Waals surface area contributed by atoms with Gasteiger partial charge in [-0.05, 0) is 43.0 Å². The summed E-state index contributed by atoms with van der Waals surface area (Å²) in [4.78, 5) is 1.37. The average molecular weight is 313 g/mol. The zero-order valence-corrected chi connectivity index (χ0v) is 13.4. The monoisotopic (exact) mass is 313 g/mol. The molecule has 2 aliphatic rings. The van der Waals surface area contributed by atoms with E-state index in [1.54, 1.807) is 11.3 Å². The lowest BCUT2D eigenvalue weighted by Crippen LogP contribution is -2.43. The van der Waals surface area contributed by atoms with Crippen LogP contribution in [0.25, 0.3) is 0 Å². The van der Waals surface area contributed by atoms with Gasteiger partial charge in [0.15, 0.2) is 9.84 Å². The van der Waals surface area contributed by atoms with E-state index in [1.807, 2.05) is 0 Å². The molecule has 3 rings (SSSR count). The number of nitrogens with one attached hydrogen (secondary N) is 1. The molecule has 2 unspecified atom stereocenters. The minimum Gasteiger partial charge on any atom is -0.305 e. The second kappa shape index (κ2) is 6.16. The molecule has 1 saturated heterocycles. The van der Waals surface area contributed by atoms with Crippen LogP contribution in [0.5, 0.6) is 0 Å². The van der Waals surface area contributed by atoms with E-state index >= 15 is 0 Å². The summed E-state index contributed by atoms with van der Waals surface area (Å²) in [5.41, 5.74) is 0. The van der Waals surface area contributed by atoms with Gasteiger partial charge in [0.25, 0.3) is 0 Å². The Kier molecular flexibility index (Phi) is 4.48. The van der Waals surface area contributed by atoms with E-state index in [9.17, 15) is 8.42 Å². The van der Waals surface area contributed by atoms with Crippen molar-refractivity contribution in [3.63, 3.8) is 0 Å². The molecule has 5 heteroatoms. The Bertz CT molecular complexity index is 518. The molecule has 0 bridgehead atoms. The largest absolute Gasteiger partial charge is 0.305 e. The maximum atomic E-state index is 11.8. The lowest BCUT2D eigenvalue weighted by Gasteiger charge is -2.31. The first kappa shape index (κ1) is 14.5. The van der Waals surface area contributed by atoms with Gasteiger partial charge in [0, 0.05) is 17.0 Å². The Morgan fingerprint density at radius 2 is 2.00 bits per heavy atom. The predicted molar refractivity (Wildman–Crippen MR) is 83.8 cm³/mol. The van der Waals surface area contributed by atoms with Gasteiger partial charge < -0.3 is 5.32 Å². The van der Waals surface area contributed by atoms with Gasteiger partial charge in [-0.1, -0.05) is 18.9 Å². The molecule has 0 aromatic carbocycles. The minimum atomic E-state index is -2.83. The molecule has 0 radical (unpaired) electrons. The Hall–Kier alpha value is -0.390. The van der Waals surface area contributed by atoms with Crippen molar-refractivity contribution < 1.29 is 8.42 Å². The second-order valence-corrected chi connectivity index (χ2v) is 9.37. The van der Waals surface area contributed by atoms with Crippen molar-refractivity contribution >= 4 is 21.2 Å². The van der Waals surface area contributed by atoms with Crippen LogP contribution in [0.1, 0.15) is 49.4 Å². The summed E-state index contributed by atoms with van der Waals surface area (Å²) in [5, 5.41) is 5.81. The van der Waals surface area contributed by atoms with Crippen LogP contribution in [0.15, 0.2) is 17.5 Å². The van der Waals surface area contributed by atoms with Crippen molar-refractivity contribution in [3.05, 3.63) is 22.4 Å². The molecule has 2 atom stereocenters. The molecule has 0 spiro atoms. The molecular formula is C15H23NO2S2. The molecule has 2 fully saturated rings. The van der Waals surface area contributed by atoms with Gasteiger partial charge >= 0.3 is 0 Å². The zero-order chi connectivity index (χ0) is 14.0. The Labute approximate surface area is 125 Å². The summed E-state index contributed by atoms with van der Waals surface area (Å²) in [6.45, 7) is 0. The molecule has 1 N–H and O–H groups in total. The molecule has 20 heavy (non-hydrogen) atoms. The fourth-order valence-corrected chi connectivity index (χ4v) is 6.15. The van der Waals surface area contributed by atoms with Gasteiger partial charge in [-0.2, -0.15) is 0 Å².